The monoisotopic (exact) mass is 275 g/mol. The fourth-order valence-electron chi connectivity index (χ4n) is 2.79. The third kappa shape index (κ3) is 2.02. The van der Waals surface area contributed by atoms with Gasteiger partial charge in [0.15, 0.2) is 0 Å². The van der Waals surface area contributed by atoms with Gasteiger partial charge in [-0.25, -0.2) is 4.79 Å². The highest BCUT2D eigenvalue weighted by molar-refractivity contribution is 5.79. The number of hydrogen-bond donors (Lipinski definition) is 2. The summed E-state index contributed by atoms with van der Waals surface area (Å²) in [5, 5.41) is 13.1. The number of rotatable bonds is 2. The molecule has 0 saturated carbocycles. The molecule has 1 fully saturated rings. The zero-order valence-electron chi connectivity index (χ0n) is 11.3. The molecule has 0 bridgehead atoms. The van der Waals surface area contributed by atoms with E-state index in [9.17, 15) is 14.7 Å². The zero-order valence-corrected chi connectivity index (χ0v) is 11.3. The molecule has 1 aromatic carbocycles. The lowest BCUT2D eigenvalue weighted by atomic mass is 10.1. The summed E-state index contributed by atoms with van der Waals surface area (Å²) >= 11 is 0. The number of aryl methyl sites for hydroxylation is 1. The van der Waals surface area contributed by atoms with Gasteiger partial charge in [0, 0.05) is 13.6 Å². The first-order valence-corrected chi connectivity index (χ1v) is 6.71. The van der Waals surface area contributed by atoms with Gasteiger partial charge in [-0.15, -0.1) is 0 Å². The number of phenols is 1. The second-order valence-electron chi connectivity index (χ2n) is 5.32. The Morgan fingerprint density at radius 1 is 1.40 bits per heavy atom. The van der Waals surface area contributed by atoms with Crippen LogP contribution in [0, 0.1) is 5.92 Å². The highest BCUT2D eigenvalue weighted by atomic mass is 16.3. The van der Waals surface area contributed by atoms with Crippen LogP contribution in [-0.4, -0.2) is 27.3 Å². The smallest absolute Gasteiger partial charge is 0.331 e. The Morgan fingerprint density at radius 3 is 2.90 bits per heavy atom. The van der Waals surface area contributed by atoms with Crippen LogP contribution in [0.4, 0.5) is 0 Å². The van der Waals surface area contributed by atoms with Gasteiger partial charge in [0.25, 0.3) is 5.56 Å². The molecule has 1 aliphatic heterocycles. The third-order valence-electron chi connectivity index (χ3n) is 3.94. The number of aromatic nitrogens is 2. The van der Waals surface area contributed by atoms with Crippen LogP contribution in [0.5, 0.6) is 5.75 Å². The molecule has 2 heterocycles. The van der Waals surface area contributed by atoms with Crippen molar-refractivity contribution in [3.63, 3.8) is 0 Å². The topological polar surface area (TPSA) is 76.3 Å². The summed E-state index contributed by atoms with van der Waals surface area (Å²) in [5.74, 6) is 0.331. The van der Waals surface area contributed by atoms with Crippen LogP contribution in [0.25, 0.3) is 10.9 Å². The second-order valence-corrected chi connectivity index (χ2v) is 5.32. The van der Waals surface area contributed by atoms with E-state index in [4.69, 9.17) is 0 Å². The van der Waals surface area contributed by atoms with Crippen LogP contribution in [0.1, 0.15) is 6.42 Å². The van der Waals surface area contributed by atoms with Crippen molar-refractivity contribution < 1.29 is 5.11 Å². The highest BCUT2D eigenvalue weighted by Gasteiger charge is 2.19. The van der Waals surface area contributed by atoms with Crippen LogP contribution >= 0.6 is 0 Å². The quantitative estimate of drug-likeness (QED) is 0.810. The Bertz CT molecular complexity index is 770. The van der Waals surface area contributed by atoms with Crippen molar-refractivity contribution in [1.82, 2.24) is 14.5 Å². The lowest BCUT2D eigenvalue weighted by Gasteiger charge is -2.13. The van der Waals surface area contributed by atoms with Gasteiger partial charge in [-0.1, -0.05) is 0 Å². The van der Waals surface area contributed by atoms with Crippen molar-refractivity contribution in [3.8, 4) is 5.75 Å². The Hall–Kier alpha value is -2.08. The van der Waals surface area contributed by atoms with Crippen LogP contribution in [-0.2, 0) is 13.6 Å². The van der Waals surface area contributed by atoms with Crippen LogP contribution < -0.4 is 16.6 Å². The van der Waals surface area contributed by atoms with E-state index in [0.29, 0.717) is 23.4 Å². The Labute approximate surface area is 115 Å². The maximum Gasteiger partial charge on any atom is 0.331 e. The summed E-state index contributed by atoms with van der Waals surface area (Å²) in [4.78, 5) is 24.8. The molecule has 6 nitrogen and oxygen atoms in total. The van der Waals surface area contributed by atoms with Gasteiger partial charge in [-0.2, -0.15) is 0 Å². The molecule has 1 aromatic heterocycles. The number of phenolic OH excluding ortho intramolecular Hbond substituents is 1. The molecule has 3 rings (SSSR count). The first-order chi connectivity index (χ1) is 9.58. The molecule has 2 N–H and O–H groups in total. The minimum atomic E-state index is -0.328. The average molecular weight is 275 g/mol. The first-order valence-electron chi connectivity index (χ1n) is 6.71. The minimum Gasteiger partial charge on any atom is -0.508 e. The predicted molar refractivity (Wildman–Crippen MR) is 76.1 cm³/mol. The average Bonchev–Trinajstić information content (AvgIpc) is 2.94. The highest BCUT2D eigenvalue weighted by Crippen LogP contribution is 2.15. The van der Waals surface area contributed by atoms with Gasteiger partial charge in [-0.3, -0.25) is 13.9 Å². The zero-order chi connectivity index (χ0) is 14.3. The molecule has 106 valence electrons. The molecule has 2 aromatic rings. The van der Waals surface area contributed by atoms with Crippen molar-refractivity contribution >= 4 is 10.9 Å². The number of nitrogens with one attached hydrogen (secondary N) is 1. The molecule has 6 heteroatoms. The summed E-state index contributed by atoms with van der Waals surface area (Å²) in [6, 6.07) is 4.49. The Morgan fingerprint density at radius 2 is 2.20 bits per heavy atom. The lowest BCUT2D eigenvalue weighted by molar-refractivity contribution is 0.452. The maximum absolute atomic E-state index is 12.5. The van der Waals surface area contributed by atoms with Gasteiger partial charge < -0.3 is 10.4 Å². The Balaban J connectivity index is 2.21. The molecular weight excluding hydrogens is 258 g/mol. The SMILES string of the molecule is Cn1c(=O)n(CC2CCNC2)c(=O)c2cc(O)ccc21. The van der Waals surface area contributed by atoms with E-state index in [1.165, 1.54) is 21.3 Å². The van der Waals surface area contributed by atoms with Gasteiger partial charge in [0.2, 0.25) is 0 Å². The fraction of sp³-hybridized carbons (Fsp3) is 0.429. The lowest BCUT2D eigenvalue weighted by Crippen LogP contribution is -2.40. The first kappa shape index (κ1) is 12.9. The molecule has 1 atom stereocenters. The summed E-state index contributed by atoms with van der Waals surface area (Å²) in [6.45, 7) is 2.17. The second kappa shape index (κ2) is 4.79. The molecule has 1 saturated heterocycles. The van der Waals surface area contributed by atoms with Crippen LogP contribution in [0.15, 0.2) is 27.8 Å². The number of hydrogen-bond acceptors (Lipinski definition) is 4. The molecule has 0 spiro atoms. The van der Waals surface area contributed by atoms with E-state index in [-0.39, 0.29) is 17.0 Å². The number of fused-ring (bicyclic) bond motifs is 1. The number of nitrogens with zero attached hydrogens (tertiary/aromatic N) is 2. The summed E-state index contributed by atoms with van der Waals surface area (Å²) in [6.07, 6.45) is 0.966. The van der Waals surface area contributed by atoms with Crippen molar-refractivity contribution in [2.75, 3.05) is 13.1 Å². The summed E-state index contributed by atoms with van der Waals surface area (Å²) < 4.78 is 2.73. The van der Waals surface area contributed by atoms with Gasteiger partial charge in [0.05, 0.1) is 10.9 Å². The molecule has 0 aliphatic carbocycles. The minimum absolute atomic E-state index is 0.0299. The van der Waals surface area contributed by atoms with Crippen molar-refractivity contribution in [2.24, 2.45) is 13.0 Å². The number of benzene rings is 1. The molecule has 1 aliphatic rings. The van der Waals surface area contributed by atoms with E-state index in [1.54, 1.807) is 13.1 Å². The van der Waals surface area contributed by atoms with Gasteiger partial charge in [0.1, 0.15) is 5.75 Å². The van der Waals surface area contributed by atoms with E-state index in [1.807, 2.05) is 0 Å². The Kier molecular flexibility index (Phi) is 3.10. The number of aromatic hydroxyl groups is 1. The van der Waals surface area contributed by atoms with Crippen molar-refractivity contribution in [3.05, 3.63) is 39.0 Å². The predicted octanol–water partition coefficient (Wildman–Crippen LogP) is 0.0153. The summed E-state index contributed by atoms with van der Waals surface area (Å²) in [7, 11) is 1.64. The molecular formula is C14H17N3O3. The van der Waals surface area contributed by atoms with Crippen LogP contribution in [0.3, 0.4) is 0 Å². The van der Waals surface area contributed by atoms with E-state index in [0.717, 1.165) is 19.5 Å². The normalized spacial score (nSPS) is 18.8. The van der Waals surface area contributed by atoms with E-state index >= 15 is 0 Å². The molecule has 0 radical (unpaired) electrons. The van der Waals surface area contributed by atoms with Crippen LogP contribution in [0.2, 0.25) is 0 Å². The fourth-order valence-corrected chi connectivity index (χ4v) is 2.79. The van der Waals surface area contributed by atoms with Gasteiger partial charge >= 0.3 is 5.69 Å². The maximum atomic E-state index is 12.5. The van der Waals surface area contributed by atoms with E-state index in [2.05, 4.69) is 5.32 Å². The molecule has 0 amide bonds. The van der Waals surface area contributed by atoms with Crippen molar-refractivity contribution in [1.29, 1.82) is 0 Å². The van der Waals surface area contributed by atoms with Crippen molar-refractivity contribution in [2.45, 2.75) is 13.0 Å². The summed E-state index contributed by atoms with van der Waals surface area (Å²) in [5.41, 5.74) is -0.0930. The third-order valence-corrected chi connectivity index (χ3v) is 3.94. The van der Waals surface area contributed by atoms with Gasteiger partial charge in [-0.05, 0) is 43.6 Å². The largest absolute Gasteiger partial charge is 0.508 e. The van der Waals surface area contributed by atoms with E-state index < -0.39 is 0 Å². The molecule has 1 unspecified atom stereocenters. The molecule has 20 heavy (non-hydrogen) atoms. The standard InChI is InChI=1S/C14H17N3O3/c1-16-12-3-2-10(18)6-11(12)13(19)17(14(16)20)8-9-4-5-15-7-9/h2-3,6,9,15,18H,4-5,7-8H2,1H3.